The summed E-state index contributed by atoms with van der Waals surface area (Å²) in [4.78, 5) is 22.3. The maximum absolute atomic E-state index is 11.3. The Hall–Kier alpha value is -1.06. The number of carbonyl (C=O) groups is 2. The van der Waals surface area contributed by atoms with Crippen LogP contribution in [0.3, 0.4) is 0 Å². The number of aliphatic carboxylic acids is 1. The van der Waals surface area contributed by atoms with E-state index in [0.29, 0.717) is 18.3 Å². The van der Waals surface area contributed by atoms with Gasteiger partial charge in [0.05, 0.1) is 0 Å². The van der Waals surface area contributed by atoms with E-state index in [4.69, 9.17) is 5.11 Å². The Balaban J connectivity index is 2.09. The summed E-state index contributed by atoms with van der Waals surface area (Å²) in [7, 11) is 0. The maximum Gasteiger partial charge on any atom is 0.326 e. The van der Waals surface area contributed by atoms with Crippen molar-refractivity contribution in [3.8, 4) is 0 Å². The lowest BCUT2D eigenvalue weighted by Gasteiger charge is -2.48. The third-order valence-electron chi connectivity index (χ3n) is 3.96. The molecule has 1 aliphatic heterocycles. The van der Waals surface area contributed by atoms with Crippen LogP contribution >= 0.6 is 0 Å². The predicted octanol–water partition coefficient (Wildman–Crippen LogP) is 1.01. The first-order chi connectivity index (χ1) is 6.94. The second kappa shape index (κ2) is 3.22. The molecule has 1 atom stereocenters. The van der Waals surface area contributed by atoms with Crippen LogP contribution in [0.5, 0.6) is 0 Å². The molecule has 2 aliphatic rings. The highest BCUT2D eigenvalue weighted by Gasteiger charge is 2.58. The van der Waals surface area contributed by atoms with E-state index in [2.05, 4.69) is 19.2 Å². The fourth-order valence-corrected chi connectivity index (χ4v) is 2.95. The van der Waals surface area contributed by atoms with Gasteiger partial charge in [-0.3, -0.25) is 4.79 Å². The van der Waals surface area contributed by atoms with Crippen LogP contribution in [0, 0.1) is 17.3 Å². The highest BCUT2D eigenvalue weighted by molar-refractivity contribution is 5.89. The number of amides is 1. The van der Waals surface area contributed by atoms with Crippen molar-refractivity contribution < 1.29 is 14.7 Å². The maximum atomic E-state index is 11.3. The van der Waals surface area contributed by atoms with Gasteiger partial charge < -0.3 is 10.4 Å². The lowest BCUT2D eigenvalue weighted by molar-refractivity contribution is -0.145. The number of nitrogens with one attached hydrogen (secondary N) is 1. The van der Waals surface area contributed by atoms with Gasteiger partial charge in [0.25, 0.3) is 0 Å². The topological polar surface area (TPSA) is 66.4 Å². The third kappa shape index (κ3) is 1.52. The molecular formula is C11H17NO3. The smallest absolute Gasteiger partial charge is 0.326 e. The normalized spacial score (nSPS) is 39.3. The number of carboxylic acids is 1. The van der Waals surface area contributed by atoms with Crippen LogP contribution < -0.4 is 5.32 Å². The van der Waals surface area contributed by atoms with Gasteiger partial charge in [0, 0.05) is 11.8 Å². The lowest BCUT2D eigenvalue weighted by atomic mass is 9.55. The van der Waals surface area contributed by atoms with Crippen molar-refractivity contribution in [2.45, 2.75) is 39.2 Å². The second-order valence-electron chi connectivity index (χ2n) is 5.29. The SMILES string of the molecule is CC(C)C1CC2(CC(=O)NC2C(=O)O)C1. The fraction of sp³-hybridized carbons (Fsp3) is 0.818. The summed E-state index contributed by atoms with van der Waals surface area (Å²) < 4.78 is 0. The van der Waals surface area contributed by atoms with E-state index in [0.717, 1.165) is 12.8 Å². The van der Waals surface area contributed by atoms with Crippen molar-refractivity contribution in [3.63, 3.8) is 0 Å². The highest BCUT2D eigenvalue weighted by atomic mass is 16.4. The minimum absolute atomic E-state index is 0.107. The minimum atomic E-state index is -0.886. The van der Waals surface area contributed by atoms with Gasteiger partial charge in [-0.25, -0.2) is 4.79 Å². The van der Waals surface area contributed by atoms with Crippen molar-refractivity contribution in [1.82, 2.24) is 5.32 Å². The van der Waals surface area contributed by atoms with Crippen LogP contribution in [0.1, 0.15) is 33.1 Å². The average molecular weight is 211 g/mol. The van der Waals surface area contributed by atoms with E-state index >= 15 is 0 Å². The van der Waals surface area contributed by atoms with Crippen LogP contribution in [0.2, 0.25) is 0 Å². The van der Waals surface area contributed by atoms with E-state index in [1.165, 1.54) is 0 Å². The minimum Gasteiger partial charge on any atom is -0.480 e. The van der Waals surface area contributed by atoms with Crippen molar-refractivity contribution in [2.24, 2.45) is 17.3 Å². The molecule has 1 amide bonds. The Labute approximate surface area is 89.0 Å². The Morgan fingerprint density at radius 2 is 2.13 bits per heavy atom. The molecule has 15 heavy (non-hydrogen) atoms. The Morgan fingerprint density at radius 1 is 1.53 bits per heavy atom. The van der Waals surface area contributed by atoms with Crippen LogP contribution in [0.25, 0.3) is 0 Å². The first-order valence-corrected chi connectivity index (χ1v) is 5.47. The van der Waals surface area contributed by atoms with Gasteiger partial charge in [-0.2, -0.15) is 0 Å². The Morgan fingerprint density at radius 3 is 2.60 bits per heavy atom. The Bertz CT molecular complexity index is 305. The first kappa shape index (κ1) is 10.5. The van der Waals surface area contributed by atoms with E-state index < -0.39 is 12.0 Å². The molecule has 1 aliphatic carbocycles. The van der Waals surface area contributed by atoms with Gasteiger partial charge in [-0.15, -0.1) is 0 Å². The Kier molecular flexibility index (Phi) is 2.24. The third-order valence-corrected chi connectivity index (χ3v) is 3.96. The van der Waals surface area contributed by atoms with Gasteiger partial charge in [0.15, 0.2) is 0 Å². The molecule has 0 aromatic heterocycles. The molecule has 2 N–H and O–H groups in total. The van der Waals surface area contributed by atoms with Crippen molar-refractivity contribution in [3.05, 3.63) is 0 Å². The van der Waals surface area contributed by atoms with Crippen LogP contribution in [0.4, 0.5) is 0 Å². The fourth-order valence-electron chi connectivity index (χ4n) is 2.95. The second-order valence-corrected chi connectivity index (χ2v) is 5.29. The number of carboxylic acid groups (broad SMARTS) is 1. The molecule has 0 aromatic carbocycles. The molecule has 1 saturated carbocycles. The summed E-state index contributed by atoms with van der Waals surface area (Å²) >= 11 is 0. The van der Waals surface area contributed by atoms with Crippen LogP contribution in [-0.4, -0.2) is 23.0 Å². The van der Waals surface area contributed by atoms with Gasteiger partial charge in [0.2, 0.25) is 5.91 Å². The summed E-state index contributed by atoms with van der Waals surface area (Å²) in [5.74, 6) is 0.174. The molecule has 1 spiro atoms. The summed E-state index contributed by atoms with van der Waals surface area (Å²) in [5.41, 5.74) is -0.280. The number of hydrogen-bond donors (Lipinski definition) is 2. The van der Waals surface area contributed by atoms with E-state index in [1.807, 2.05) is 0 Å². The number of rotatable bonds is 2. The van der Waals surface area contributed by atoms with Gasteiger partial charge >= 0.3 is 5.97 Å². The summed E-state index contributed by atoms with van der Waals surface area (Å²) in [6.07, 6.45) is 2.15. The van der Waals surface area contributed by atoms with Crippen molar-refractivity contribution in [2.75, 3.05) is 0 Å². The molecular weight excluding hydrogens is 194 g/mol. The summed E-state index contributed by atoms with van der Waals surface area (Å²) in [6.45, 7) is 4.30. The molecule has 0 aromatic rings. The van der Waals surface area contributed by atoms with Crippen LogP contribution in [0.15, 0.2) is 0 Å². The zero-order valence-corrected chi connectivity index (χ0v) is 9.12. The molecule has 1 heterocycles. The molecule has 4 nitrogen and oxygen atoms in total. The molecule has 4 heteroatoms. The average Bonchev–Trinajstić information content (AvgIpc) is 2.39. The van der Waals surface area contributed by atoms with Gasteiger partial charge in [-0.1, -0.05) is 13.8 Å². The monoisotopic (exact) mass is 211 g/mol. The summed E-state index contributed by atoms with van der Waals surface area (Å²) in [5, 5.41) is 11.6. The van der Waals surface area contributed by atoms with Gasteiger partial charge in [-0.05, 0) is 24.7 Å². The first-order valence-electron chi connectivity index (χ1n) is 5.47. The van der Waals surface area contributed by atoms with Crippen LogP contribution in [-0.2, 0) is 9.59 Å². The van der Waals surface area contributed by atoms with E-state index in [-0.39, 0.29) is 11.3 Å². The molecule has 0 bridgehead atoms. The molecule has 2 fully saturated rings. The molecule has 2 rings (SSSR count). The van der Waals surface area contributed by atoms with Crippen molar-refractivity contribution in [1.29, 1.82) is 0 Å². The predicted molar refractivity (Wildman–Crippen MR) is 54.2 cm³/mol. The molecule has 1 unspecified atom stereocenters. The molecule has 0 radical (unpaired) electrons. The summed E-state index contributed by atoms with van der Waals surface area (Å²) in [6, 6.07) is -0.653. The quantitative estimate of drug-likeness (QED) is 0.716. The van der Waals surface area contributed by atoms with Crippen molar-refractivity contribution >= 4 is 11.9 Å². The van der Waals surface area contributed by atoms with Gasteiger partial charge in [0.1, 0.15) is 6.04 Å². The number of carbonyl (C=O) groups excluding carboxylic acids is 1. The largest absolute Gasteiger partial charge is 0.480 e. The standard InChI is InChI=1S/C11H17NO3/c1-6(2)7-3-11(4-7)5-8(13)12-9(11)10(14)15/h6-7,9H,3-5H2,1-2H3,(H,12,13)(H,14,15). The molecule has 1 saturated heterocycles. The van der Waals surface area contributed by atoms with E-state index in [1.54, 1.807) is 0 Å². The van der Waals surface area contributed by atoms with E-state index in [9.17, 15) is 9.59 Å². The lowest BCUT2D eigenvalue weighted by Crippen LogP contribution is -2.51. The zero-order valence-electron chi connectivity index (χ0n) is 9.12. The highest BCUT2D eigenvalue weighted by Crippen LogP contribution is 2.55. The number of hydrogen-bond acceptors (Lipinski definition) is 2. The zero-order chi connectivity index (χ0) is 11.2. The molecule has 84 valence electrons.